The van der Waals surface area contributed by atoms with Crippen LogP contribution in [0.4, 0.5) is 0 Å². The van der Waals surface area contributed by atoms with Crippen LogP contribution >= 0.6 is 0 Å². The van der Waals surface area contributed by atoms with Crippen LogP contribution in [0.3, 0.4) is 0 Å². The lowest BCUT2D eigenvalue weighted by Gasteiger charge is -2.21. The summed E-state index contributed by atoms with van der Waals surface area (Å²) in [5.41, 5.74) is 0. The van der Waals surface area contributed by atoms with Crippen molar-refractivity contribution in [3.05, 3.63) is 0 Å². The van der Waals surface area contributed by atoms with E-state index in [9.17, 15) is 4.79 Å². The van der Waals surface area contributed by atoms with E-state index in [1.54, 1.807) is 0 Å². The molecular weight excluding hydrogens is 302 g/mol. The Morgan fingerprint density at radius 3 is 2.29 bits per heavy atom. The van der Waals surface area contributed by atoms with Gasteiger partial charge in [-0.3, -0.25) is 4.79 Å². The molecule has 140 valence electrons. The molecule has 1 saturated heterocycles. The number of likely N-dealkylation sites (tertiary alicyclic amines) is 1. The van der Waals surface area contributed by atoms with Gasteiger partial charge in [-0.1, -0.05) is 13.8 Å². The van der Waals surface area contributed by atoms with Crippen molar-refractivity contribution in [3.63, 3.8) is 0 Å². The van der Waals surface area contributed by atoms with Crippen LogP contribution in [0.5, 0.6) is 0 Å². The quantitative estimate of drug-likeness (QED) is 0.342. The molecule has 1 aliphatic heterocycles. The highest BCUT2D eigenvalue weighted by molar-refractivity contribution is 5.85. The lowest BCUT2D eigenvalue weighted by atomic mass is 10.3. The minimum atomic E-state index is 0.141. The second-order valence-electron chi connectivity index (χ2n) is 6.41. The minimum Gasteiger partial charge on any atom is -0.357 e. The summed E-state index contributed by atoms with van der Waals surface area (Å²) in [6.07, 6.45) is 5.75. The van der Waals surface area contributed by atoms with E-state index in [0.29, 0.717) is 0 Å². The maximum absolute atomic E-state index is 12.1. The standard InChI is InChI=1S/C18H37N5O/c1-4-11-22(12-5-2)13-9-10-20-18(19-6-3)21-16-17(24)23-14-7-8-15-23/h4-16H2,1-3H3,(H2,19,20,21). The molecule has 0 bridgehead atoms. The lowest BCUT2D eigenvalue weighted by Crippen LogP contribution is -2.40. The number of hydrogen-bond donors (Lipinski definition) is 2. The number of aliphatic imine (C=N–C) groups is 1. The van der Waals surface area contributed by atoms with Crippen LogP contribution in [0.25, 0.3) is 0 Å². The summed E-state index contributed by atoms with van der Waals surface area (Å²) in [4.78, 5) is 20.9. The lowest BCUT2D eigenvalue weighted by molar-refractivity contribution is -0.128. The highest BCUT2D eigenvalue weighted by Gasteiger charge is 2.17. The fourth-order valence-electron chi connectivity index (χ4n) is 3.03. The zero-order valence-corrected chi connectivity index (χ0v) is 15.9. The van der Waals surface area contributed by atoms with Gasteiger partial charge in [0.2, 0.25) is 5.91 Å². The highest BCUT2D eigenvalue weighted by atomic mass is 16.2. The van der Waals surface area contributed by atoms with Gasteiger partial charge in [0, 0.05) is 26.2 Å². The molecule has 0 spiro atoms. The Hall–Kier alpha value is -1.30. The van der Waals surface area contributed by atoms with Gasteiger partial charge in [-0.05, 0) is 58.7 Å². The number of carbonyl (C=O) groups is 1. The Morgan fingerprint density at radius 2 is 1.71 bits per heavy atom. The molecule has 2 N–H and O–H groups in total. The fraction of sp³-hybridized carbons (Fsp3) is 0.889. The van der Waals surface area contributed by atoms with E-state index in [2.05, 4.69) is 34.4 Å². The number of nitrogens with zero attached hydrogens (tertiary/aromatic N) is 3. The first-order valence-electron chi connectivity index (χ1n) is 9.73. The van der Waals surface area contributed by atoms with Crippen molar-refractivity contribution in [2.75, 3.05) is 52.4 Å². The summed E-state index contributed by atoms with van der Waals surface area (Å²) in [6.45, 7) is 13.7. The Morgan fingerprint density at radius 1 is 1.04 bits per heavy atom. The van der Waals surface area contributed by atoms with E-state index in [4.69, 9.17) is 0 Å². The summed E-state index contributed by atoms with van der Waals surface area (Å²) >= 11 is 0. The predicted octanol–water partition coefficient (Wildman–Crippen LogP) is 1.68. The molecule has 0 aromatic carbocycles. The van der Waals surface area contributed by atoms with E-state index in [1.807, 2.05) is 11.8 Å². The van der Waals surface area contributed by atoms with E-state index in [0.717, 1.165) is 57.9 Å². The molecule has 0 aromatic heterocycles. The van der Waals surface area contributed by atoms with Gasteiger partial charge in [0.05, 0.1) is 0 Å². The number of hydrogen-bond acceptors (Lipinski definition) is 3. The number of guanidine groups is 1. The van der Waals surface area contributed by atoms with E-state index < -0.39 is 0 Å². The van der Waals surface area contributed by atoms with Gasteiger partial charge in [-0.2, -0.15) is 0 Å². The molecular formula is C18H37N5O. The molecule has 0 radical (unpaired) electrons. The molecule has 6 nitrogen and oxygen atoms in total. The summed E-state index contributed by atoms with van der Waals surface area (Å²) in [7, 11) is 0. The third kappa shape index (κ3) is 8.52. The van der Waals surface area contributed by atoms with Gasteiger partial charge in [-0.15, -0.1) is 0 Å². The van der Waals surface area contributed by atoms with E-state index in [-0.39, 0.29) is 12.5 Å². The molecule has 0 aromatic rings. The van der Waals surface area contributed by atoms with Crippen LogP contribution in [0.2, 0.25) is 0 Å². The van der Waals surface area contributed by atoms with Crippen LogP contribution in [0, 0.1) is 0 Å². The van der Waals surface area contributed by atoms with Gasteiger partial charge < -0.3 is 20.4 Å². The fourth-order valence-corrected chi connectivity index (χ4v) is 3.03. The topological polar surface area (TPSA) is 60.0 Å². The van der Waals surface area contributed by atoms with Gasteiger partial charge in [0.1, 0.15) is 6.54 Å². The van der Waals surface area contributed by atoms with Gasteiger partial charge in [0.25, 0.3) is 0 Å². The third-order valence-corrected chi connectivity index (χ3v) is 4.20. The van der Waals surface area contributed by atoms with Gasteiger partial charge in [0.15, 0.2) is 5.96 Å². The van der Waals surface area contributed by atoms with Crippen LogP contribution < -0.4 is 10.6 Å². The summed E-state index contributed by atoms with van der Waals surface area (Å²) in [5, 5.41) is 6.57. The first kappa shape index (κ1) is 20.7. The first-order chi connectivity index (χ1) is 11.7. The second-order valence-corrected chi connectivity index (χ2v) is 6.41. The van der Waals surface area contributed by atoms with Crippen LogP contribution in [0.1, 0.15) is 52.9 Å². The first-order valence-corrected chi connectivity index (χ1v) is 9.73. The van der Waals surface area contributed by atoms with Crippen molar-refractivity contribution in [2.24, 2.45) is 4.99 Å². The molecule has 1 amide bonds. The van der Waals surface area contributed by atoms with E-state index in [1.165, 1.54) is 25.9 Å². The van der Waals surface area contributed by atoms with Crippen molar-refractivity contribution >= 4 is 11.9 Å². The molecule has 1 heterocycles. The third-order valence-electron chi connectivity index (χ3n) is 4.20. The minimum absolute atomic E-state index is 0.141. The molecule has 0 unspecified atom stereocenters. The number of rotatable bonds is 11. The number of amides is 1. The number of nitrogens with one attached hydrogen (secondary N) is 2. The van der Waals surface area contributed by atoms with Crippen molar-refractivity contribution in [1.82, 2.24) is 20.4 Å². The second kappa shape index (κ2) is 13.0. The van der Waals surface area contributed by atoms with Crippen LogP contribution in [-0.4, -0.2) is 74.0 Å². The number of carbonyl (C=O) groups excluding carboxylic acids is 1. The summed E-state index contributed by atoms with van der Waals surface area (Å²) in [6, 6.07) is 0. The van der Waals surface area contributed by atoms with E-state index >= 15 is 0 Å². The summed E-state index contributed by atoms with van der Waals surface area (Å²) in [5.74, 6) is 0.893. The van der Waals surface area contributed by atoms with Crippen molar-refractivity contribution < 1.29 is 4.79 Å². The van der Waals surface area contributed by atoms with Gasteiger partial charge >= 0.3 is 0 Å². The largest absolute Gasteiger partial charge is 0.357 e. The zero-order chi connectivity index (χ0) is 17.6. The maximum Gasteiger partial charge on any atom is 0.244 e. The monoisotopic (exact) mass is 339 g/mol. The average molecular weight is 340 g/mol. The zero-order valence-electron chi connectivity index (χ0n) is 15.9. The Kier molecular flexibility index (Phi) is 11.3. The Balaban J connectivity index is 2.30. The molecule has 0 aliphatic carbocycles. The summed E-state index contributed by atoms with van der Waals surface area (Å²) < 4.78 is 0. The van der Waals surface area contributed by atoms with Crippen LogP contribution in [-0.2, 0) is 4.79 Å². The smallest absolute Gasteiger partial charge is 0.244 e. The average Bonchev–Trinajstić information content (AvgIpc) is 3.11. The Labute approximate surface area is 148 Å². The molecule has 1 fully saturated rings. The molecule has 0 atom stereocenters. The molecule has 1 aliphatic rings. The van der Waals surface area contributed by atoms with Crippen molar-refractivity contribution in [1.29, 1.82) is 0 Å². The van der Waals surface area contributed by atoms with Crippen LogP contribution in [0.15, 0.2) is 4.99 Å². The van der Waals surface area contributed by atoms with Crippen molar-refractivity contribution in [3.8, 4) is 0 Å². The SMILES string of the molecule is CCCN(CCC)CCCNC(=NCC(=O)N1CCCC1)NCC. The molecule has 1 rings (SSSR count). The molecule has 24 heavy (non-hydrogen) atoms. The maximum atomic E-state index is 12.1. The van der Waals surface area contributed by atoms with Gasteiger partial charge in [-0.25, -0.2) is 4.99 Å². The van der Waals surface area contributed by atoms with Crippen molar-refractivity contribution in [2.45, 2.75) is 52.9 Å². The molecule has 0 saturated carbocycles. The molecule has 6 heteroatoms. The Bertz CT molecular complexity index is 360. The normalized spacial score (nSPS) is 15.2. The highest BCUT2D eigenvalue weighted by Crippen LogP contribution is 2.07. The predicted molar refractivity (Wildman–Crippen MR) is 101 cm³/mol.